The first-order chi connectivity index (χ1) is 10.2. The van der Waals surface area contributed by atoms with Gasteiger partial charge < -0.3 is 14.2 Å². The molecule has 0 aliphatic carbocycles. The SMILES string of the molecule is O=C(NCc1ccc(-c2ccco2)o1)c1ccccc1Br. The molecule has 106 valence electrons. The predicted molar refractivity (Wildman–Crippen MR) is 81.7 cm³/mol. The lowest BCUT2D eigenvalue weighted by atomic mass is 10.2. The van der Waals surface area contributed by atoms with Crippen molar-refractivity contribution >= 4 is 21.8 Å². The molecule has 0 radical (unpaired) electrons. The summed E-state index contributed by atoms with van der Waals surface area (Å²) in [7, 11) is 0. The third kappa shape index (κ3) is 3.08. The second-order valence-electron chi connectivity index (χ2n) is 4.41. The van der Waals surface area contributed by atoms with Gasteiger partial charge in [-0.15, -0.1) is 0 Å². The van der Waals surface area contributed by atoms with E-state index in [1.54, 1.807) is 18.4 Å². The van der Waals surface area contributed by atoms with Gasteiger partial charge in [0, 0.05) is 4.47 Å². The van der Waals surface area contributed by atoms with Gasteiger partial charge in [0.05, 0.1) is 18.4 Å². The molecule has 0 unspecified atom stereocenters. The Balaban J connectivity index is 1.66. The molecule has 21 heavy (non-hydrogen) atoms. The molecular formula is C16H12BrNO3. The molecule has 3 rings (SSSR count). The van der Waals surface area contributed by atoms with E-state index in [4.69, 9.17) is 8.83 Å². The summed E-state index contributed by atoms with van der Waals surface area (Å²) in [5, 5.41) is 2.82. The lowest BCUT2D eigenvalue weighted by Crippen LogP contribution is -2.22. The standard InChI is InChI=1S/C16H12BrNO3/c17-13-5-2-1-4-12(13)16(19)18-10-11-7-8-15(21-11)14-6-3-9-20-14/h1-9H,10H2,(H,18,19). The van der Waals surface area contributed by atoms with E-state index in [9.17, 15) is 4.79 Å². The predicted octanol–water partition coefficient (Wildman–Crippen LogP) is 4.23. The fourth-order valence-electron chi connectivity index (χ4n) is 1.93. The summed E-state index contributed by atoms with van der Waals surface area (Å²) in [5.74, 6) is 1.82. The maximum atomic E-state index is 12.1. The van der Waals surface area contributed by atoms with Crippen LogP contribution in [0.25, 0.3) is 11.5 Å². The number of nitrogens with one attached hydrogen (secondary N) is 1. The van der Waals surface area contributed by atoms with Crippen molar-refractivity contribution in [3.8, 4) is 11.5 Å². The summed E-state index contributed by atoms with van der Waals surface area (Å²) < 4.78 is 11.6. The molecule has 1 aromatic carbocycles. The molecule has 4 nitrogen and oxygen atoms in total. The Labute approximate surface area is 129 Å². The molecule has 0 aliphatic rings. The van der Waals surface area contributed by atoms with Crippen LogP contribution in [0.5, 0.6) is 0 Å². The van der Waals surface area contributed by atoms with Gasteiger partial charge in [0.25, 0.3) is 5.91 Å². The summed E-state index contributed by atoms with van der Waals surface area (Å²) in [6.07, 6.45) is 1.59. The largest absolute Gasteiger partial charge is 0.461 e. The van der Waals surface area contributed by atoms with Gasteiger partial charge in [-0.05, 0) is 52.3 Å². The highest BCUT2D eigenvalue weighted by Crippen LogP contribution is 2.22. The van der Waals surface area contributed by atoms with Crippen molar-refractivity contribution in [2.24, 2.45) is 0 Å². The van der Waals surface area contributed by atoms with Crippen LogP contribution >= 0.6 is 15.9 Å². The van der Waals surface area contributed by atoms with Crippen LogP contribution in [0.3, 0.4) is 0 Å². The Hall–Kier alpha value is -2.27. The molecule has 2 aromatic heterocycles. The first kappa shape index (κ1) is 13.7. The monoisotopic (exact) mass is 345 g/mol. The maximum absolute atomic E-state index is 12.1. The molecule has 0 atom stereocenters. The van der Waals surface area contributed by atoms with E-state index in [2.05, 4.69) is 21.2 Å². The summed E-state index contributed by atoms with van der Waals surface area (Å²) in [5.41, 5.74) is 0.593. The first-order valence-corrected chi connectivity index (χ1v) is 7.18. The second kappa shape index (κ2) is 6.01. The zero-order valence-corrected chi connectivity index (χ0v) is 12.6. The molecule has 1 N–H and O–H groups in total. The number of carbonyl (C=O) groups is 1. The summed E-state index contributed by atoms with van der Waals surface area (Å²) >= 11 is 3.36. The average molecular weight is 346 g/mol. The zero-order valence-electron chi connectivity index (χ0n) is 11.0. The van der Waals surface area contributed by atoms with Crippen molar-refractivity contribution in [3.05, 3.63) is 70.6 Å². The quantitative estimate of drug-likeness (QED) is 0.769. The second-order valence-corrected chi connectivity index (χ2v) is 5.26. The van der Waals surface area contributed by atoms with Crippen LogP contribution in [0.15, 0.2) is 68.1 Å². The number of amides is 1. The molecule has 0 aliphatic heterocycles. The average Bonchev–Trinajstić information content (AvgIpc) is 3.16. The Kier molecular flexibility index (Phi) is 3.92. The molecule has 0 bridgehead atoms. The molecule has 0 saturated carbocycles. The van der Waals surface area contributed by atoms with Crippen molar-refractivity contribution in [2.75, 3.05) is 0 Å². The van der Waals surface area contributed by atoms with Crippen LogP contribution in [0.4, 0.5) is 0 Å². The minimum atomic E-state index is -0.154. The lowest BCUT2D eigenvalue weighted by molar-refractivity contribution is 0.0947. The lowest BCUT2D eigenvalue weighted by Gasteiger charge is -2.05. The van der Waals surface area contributed by atoms with Gasteiger partial charge in [0.15, 0.2) is 11.5 Å². The minimum Gasteiger partial charge on any atom is -0.461 e. The van der Waals surface area contributed by atoms with Gasteiger partial charge in [-0.2, -0.15) is 0 Å². The van der Waals surface area contributed by atoms with E-state index in [1.165, 1.54) is 0 Å². The third-order valence-corrected chi connectivity index (χ3v) is 3.66. The number of furan rings is 2. The van der Waals surface area contributed by atoms with E-state index < -0.39 is 0 Å². The van der Waals surface area contributed by atoms with Gasteiger partial charge in [-0.1, -0.05) is 12.1 Å². The summed E-state index contributed by atoms with van der Waals surface area (Å²) in [6, 6.07) is 14.5. The third-order valence-electron chi connectivity index (χ3n) is 2.97. The molecule has 0 saturated heterocycles. The van der Waals surface area contributed by atoms with Gasteiger partial charge in [0.1, 0.15) is 5.76 Å². The molecule has 2 heterocycles. The Morgan fingerprint density at radius 3 is 2.67 bits per heavy atom. The first-order valence-electron chi connectivity index (χ1n) is 6.39. The van der Waals surface area contributed by atoms with Crippen molar-refractivity contribution in [1.82, 2.24) is 5.32 Å². The number of hydrogen-bond donors (Lipinski definition) is 1. The molecule has 5 heteroatoms. The fraction of sp³-hybridized carbons (Fsp3) is 0.0625. The highest BCUT2D eigenvalue weighted by molar-refractivity contribution is 9.10. The van der Waals surface area contributed by atoms with Crippen LogP contribution in [-0.4, -0.2) is 5.91 Å². The van der Waals surface area contributed by atoms with Crippen LogP contribution in [0, 0.1) is 0 Å². The topological polar surface area (TPSA) is 55.4 Å². The summed E-state index contributed by atoms with van der Waals surface area (Å²) in [4.78, 5) is 12.1. The number of carbonyl (C=O) groups excluding carboxylic acids is 1. The molecule has 3 aromatic rings. The van der Waals surface area contributed by atoms with Gasteiger partial charge in [0.2, 0.25) is 0 Å². The van der Waals surface area contributed by atoms with E-state index in [1.807, 2.05) is 36.4 Å². The maximum Gasteiger partial charge on any atom is 0.252 e. The summed E-state index contributed by atoms with van der Waals surface area (Å²) in [6.45, 7) is 0.320. The van der Waals surface area contributed by atoms with E-state index in [0.29, 0.717) is 29.4 Å². The molecule has 1 amide bonds. The highest BCUT2D eigenvalue weighted by atomic mass is 79.9. The highest BCUT2D eigenvalue weighted by Gasteiger charge is 2.11. The molecule has 0 fully saturated rings. The van der Waals surface area contributed by atoms with Crippen LogP contribution < -0.4 is 5.32 Å². The smallest absolute Gasteiger partial charge is 0.252 e. The van der Waals surface area contributed by atoms with Crippen molar-refractivity contribution in [1.29, 1.82) is 0 Å². The van der Waals surface area contributed by atoms with Gasteiger partial charge >= 0.3 is 0 Å². The van der Waals surface area contributed by atoms with Crippen LogP contribution in [0.1, 0.15) is 16.1 Å². The normalized spacial score (nSPS) is 10.5. The van der Waals surface area contributed by atoms with Crippen molar-refractivity contribution in [2.45, 2.75) is 6.54 Å². The van der Waals surface area contributed by atoms with Crippen molar-refractivity contribution in [3.63, 3.8) is 0 Å². The fourth-order valence-corrected chi connectivity index (χ4v) is 2.40. The van der Waals surface area contributed by atoms with E-state index >= 15 is 0 Å². The van der Waals surface area contributed by atoms with Crippen LogP contribution in [0.2, 0.25) is 0 Å². The van der Waals surface area contributed by atoms with Crippen molar-refractivity contribution < 1.29 is 13.6 Å². The Morgan fingerprint density at radius 2 is 1.90 bits per heavy atom. The number of rotatable bonds is 4. The number of benzene rings is 1. The van der Waals surface area contributed by atoms with E-state index in [-0.39, 0.29) is 5.91 Å². The number of halogens is 1. The van der Waals surface area contributed by atoms with Gasteiger partial charge in [-0.3, -0.25) is 4.79 Å². The van der Waals surface area contributed by atoms with Crippen LogP contribution in [-0.2, 0) is 6.54 Å². The number of hydrogen-bond acceptors (Lipinski definition) is 3. The molecule has 0 spiro atoms. The minimum absolute atomic E-state index is 0.154. The Morgan fingerprint density at radius 1 is 1.05 bits per heavy atom. The Bertz CT molecular complexity index is 746. The van der Waals surface area contributed by atoms with E-state index in [0.717, 1.165) is 4.47 Å². The van der Waals surface area contributed by atoms with Gasteiger partial charge in [-0.25, -0.2) is 0 Å². The zero-order chi connectivity index (χ0) is 14.7. The molecular weight excluding hydrogens is 334 g/mol.